The Kier molecular flexibility index (Phi) is 2.46. The van der Waals surface area contributed by atoms with Gasteiger partial charge in [0.1, 0.15) is 17.7 Å². The van der Waals surface area contributed by atoms with Gasteiger partial charge < -0.3 is 0 Å². The summed E-state index contributed by atoms with van der Waals surface area (Å²) in [5, 5.41) is 1.72. The molecule has 0 bridgehead atoms. The predicted molar refractivity (Wildman–Crippen MR) is 58.1 cm³/mol. The van der Waals surface area contributed by atoms with E-state index >= 15 is 0 Å². The number of hydrogen-bond acceptors (Lipinski definition) is 1. The minimum absolute atomic E-state index is 0.428. The third-order valence-electron chi connectivity index (χ3n) is 2.37. The van der Waals surface area contributed by atoms with E-state index in [1.165, 1.54) is 5.75 Å². The maximum Gasteiger partial charge on any atom is 0.191 e. The lowest BCUT2D eigenvalue weighted by atomic mass is 9.65. The molecular formula is C11H21S+. The predicted octanol–water partition coefficient (Wildman–Crippen LogP) is 3.97. The second-order valence-electron chi connectivity index (χ2n) is 5.92. The van der Waals surface area contributed by atoms with Crippen LogP contribution in [0, 0.1) is 22.0 Å². The van der Waals surface area contributed by atoms with Crippen LogP contribution in [0.25, 0.3) is 0 Å². The molecule has 1 heteroatoms. The Bertz CT molecular complexity index is 141. The number of rotatable bonds is 1. The van der Waals surface area contributed by atoms with Crippen molar-refractivity contribution in [1.29, 1.82) is 0 Å². The lowest BCUT2D eigenvalue weighted by molar-refractivity contribution is 0.133. The van der Waals surface area contributed by atoms with E-state index in [2.05, 4.69) is 41.5 Å². The van der Waals surface area contributed by atoms with Gasteiger partial charge in [0, 0.05) is 10.8 Å². The molecule has 1 aliphatic heterocycles. The van der Waals surface area contributed by atoms with E-state index in [0.717, 1.165) is 5.92 Å². The van der Waals surface area contributed by atoms with Gasteiger partial charge in [-0.05, 0) is 0 Å². The van der Waals surface area contributed by atoms with Crippen molar-refractivity contribution >= 4 is 11.8 Å². The van der Waals surface area contributed by atoms with Crippen LogP contribution in [0.1, 0.15) is 41.5 Å². The van der Waals surface area contributed by atoms with Crippen LogP contribution < -0.4 is 0 Å². The molecule has 70 valence electrons. The van der Waals surface area contributed by atoms with Crippen molar-refractivity contribution in [2.24, 2.45) is 16.7 Å². The first-order valence-electron chi connectivity index (χ1n) is 4.71. The Labute approximate surface area is 81.5 Å². The Morgan fingerprint density at radius 1 is 1.00 bits per heavy atom. The summed E-state index contributed by atoms with van der Waals surface area (Å²) in [4.78, 5) is 0. The van der Waals surface area contributed by atoms with E-state index in [9.17, 15) is 0 Å². The number of thioether (sulfide) groups is 1. The lowest BCUT2D eigenvalue weighted by Gasteiger charge is -2.33. The summed E-state index contributed by atoms with van der Waals surface area (Å²) in [7, 11) is 0. The highest BCUT2D eigenvalue weighted by atomic mass is 32.2. The maximum atomic E-state index is 2.36. The third-order valence-corrected chi connectivity index (χ3v) is 3.22. The monoisotopic (exact) mass is 185 g/mol. The second kappa shape index (κ2) is 2.87. The highest BCUT2D eigenvalue weighted by Gasteiger charge is 2.57. The van der Waals surface area contributed by atoms with Crippen LogP contribution >= 0.6 is 11.8 Å². The second-order valence-corrected chi connectivity index (χ2v) is 7.02. The minimum Gasteiger partial charge on any atom is -0.0557 e. The first kappa shape index (κ1) is 10.3. The smallest absolute Gasteiger partial charge is 0.0557 e. The molecule has 0 spiro atoms. The molecule has 0 radical (unpaired) electrons. The van der Waals surface area contributed by atoms with E-state index in [0.29, 0.717) is 10.8 Å². The summed E-state index contributed by atoms with van der Waals surface area (Å²) in [5.74, 6) is 2.08. The molecule has 0 aromatic rings. The van der Waals surface area contributed by atoms with E-state index in [-0.39, 0.29) is 0 Å². The van der Waals surface area contributed by atoms with Gasteiger partial charge in [0.15, 0.2) is 11.0 Å². The summed E-state index contributed by atoms with van der Waals surface area (Å²) >= 11 is 2.05. The SMILES string of the molecule is CC(C)(C)C([C+]1CS1)C(C)(C)C. The van der Waals surface area contributed by atoms with Gasteiger partial charge in [-0.2, -0.15) is 0 Å². The molecule has 0 unspecified atom stereocenters. The average molecular weight is 185 g/mol. The van der Waals surface area contributed by atoms with Crippen molar-refractivity contribution < 1.29 is 0 Å². The van der Waals surface area contributed by atoms with Crippen LogP contribution in [-0.4, -0.2) is 5.75 Å². The quantitative estimate of drug-likeness (QED) is 0.440. The van der Waals surface area contributed by atoms with Crippen LogP contribution in [0.4, 0.5) is 0 Å². The van der Waals surface area contributed by atoms with Gasteiger partial charge >= 0.3 is 0 Å². The zero-order valence-corrected chi connectivity index (χ0v) is 10.0. The van der Waals surface area contributed by atoms with Crippen molar-refractivity contribution in [2.75, 3.05) is 5.75 Å². The van der Waals surface area contributed by atoms with Gasteiger partial charge in [-0.15, -0.1) is 0 Å². The first-order chi connectivity index (χ1) is 5.23. The topological polar surface area (TPSA) is 0 Å². The summed E-state index contributed by atoms with van der Waals surface area (Å²) in [6.07, 6.45) is 0. The van der Waals surface area contributed by atoms with Crippen molar-refractivity contribution in [3.63, 3.8) is 0 Å². The van der Waals surface area contributed by atoms with Gasteiger partial charge in [-0.1, -0.05) is 41.5 Å². The lowest BCUT2D eigenvalue weighted by Crippen LogP contribution is -2.33. The van der Waals surface area contributed by atoms with Gasteiger partial charge in [0.25, 0.3) is 0 Å². The molecule has 1 saturated heterocycles. The van der Waals surface area contributed by atoms with Crippen molar-refractivity contribution in [3.05, 3.63) is 5.25 Å². The normalized spacial score (nSPS) is 18.8. The largest absolute Gasteiger partial charge is 0.191 e. The molecule has 1 fully saturated rings. The van der Waals surface area contributed by atoms with E-state index in [1.807, 2.05) is 11.8 Å². The van der Waals surface area contributed by atoms with Crippen LogP contribution in [0.3, 0.4) is 0 Å². The van der Waals surface area contributed by atoms with Crippen molar-refractivity contribution in [3.8, 4) is 0 Å². The van der Waals surface area contributed by atoms with Gasteiger partial charge in [-0.25, -0.2) is 0 Å². The Hall–Kier alpha value is 0.220. The highest BCUT2D eigenvalue weighted by molar-refractivity contribution is 8.09. The first-order valence-corrected chi connectivity index (χ1v) is 5.70. The maximum absolute atomic E-state index is 2.36. The molecule has 1 rings (SSSR count). The zero-order valence-electron chi connectivity index (χ0n) is 9.19. The van der Waals surface area contributed by atoms with Gasteiger partial charge in [0.2, 0.25) is 0 Å². The fraction of sp³-hybridized carbons (Fsp3) is 0.909. The summed E-state index contributed by atoms with van der Waals surface area (Å²) in [6, 6.07) is 0. The van der Waals surface area contributed by atoms with Crippen molar-refractivity contribution in [2.45, 2.75) is 41.5 Å². The summed E-state index contributed by atoms with van der Waals surface area (Å²) in [5.41, 5.74) is 0.855. The van der Waals surface area contributed by atoms with Crippen LogP contribution in [0.15, 0.2) is 0 Å². The molecule has 0 nitrogen and oxygen atoms in total. The minimum atomic E-state index is 0.428. The Balaban J connectivity index is 2.74. The van der Waals surface area contributed by atoms with Crippen LogP contribution in [0.5, 0.6) is 0 Å². The highest BCUT2D eigenvalue weighted by Crippen LogP contribution is 2.57. The molecule has 0 atom stereocenters. The Morgan fingerprint density at radius 2 is 1.33 bits per heavy atom. The molecule has 12 heavy (non-hydrogen) atoms. The molecule has 0 saturated carbocycles. The standard InChI is InChI=1S/C11H21S/c1-10(2,3)9(8-7-12-8)11(4,5)6/h9H,7H2,1-6H3/q+1. The van der Waals surface area contributed by atoms with Crippen LogP contribution in [-0.2, 0) is 0 Å². The molecule has 1 aliphatic rings. The van der Waals surface area contributed by atoms with Gasteiger partial charge in [0.05, 0.1) is 0 Å². The zero-order chi connectivity index (χ0) is 9.57. The summed E-state index contributed by atoms with van der Waals surface area (Å²) < 4.78 is 0. The average Bonchev–Trinajstić information content (AvgIpc) is 2.38. The van der Waals surface area contributed by atoms with E-state index in [4.69, 9.17) is 0 Å². The van der Waals surface area contributed by atoms with E-state index in [1.54, 1.807) is 5.25 Å². The molecule has 1 heterocycles. The molecule has 0 aliphatic carbocycles. The Morgan fingerprint density at radius 3 is 1.42 bits per heavy atom. The molecule has 0 N–H and O–H groups in total. The molecule has 0 aromatic carbocycles. The fourth-order valence-corrected chi connectivity index (χ4v) is 3.60. The van der Waals surface area contributed by atoms with E-state index < -0.39 is 0 Å². The third kappa shape index (κ3) is 2.35. The number of hydrogen-bond donors (Lipinski definition) is 0. The van der Waals surface area contributed by atoms with Gasteiger partial charge in [-0.3, -0.25) is 0 Å². The molecule has 0 amide bonds. The van der Waals surface area contributed by atoms with Crippen molar-refractivity contribution in [1.82, 2.24) is 0 Å². The summed E-state index contributed by atoms with van der Waals surface area (Å²) in [6.45, 7) is 14.1. The van der Waals surface area contributed by atoms with Crippen LogP contribution in [0.2, 0.25) is 0 Å². The fourth-order valence-electron chi connectivity index (χ4n) is 2.47. The molecular weight excluding hydrogens is 164 g/mol. The molecule has 0 aromatic heterocycles.